The van der Waals surface area contributed by atoms with Crippen LogP contribution in [0.25, 0.3) is 0 Å². The van der Waals surface area contributed by atoms with E-state index in [1.165, 1.54) is 0 Å². The van der Waals surface area contributed by atoms with Crippen LogP contribution in [-0.2, 0) is 19.7 Å². The zero-order valence-corrected chi connectivity index (χ0v) is 12.8. The Hall–Kier alpha value is -1.47. The normalized spacial score (nSPS) is 27.9. The van der Waals surface area contributed by atoms with E-state index in [2.05, 4.69) is 40.9 Å². The molecular formula is C14H22N4O3. The summed E-state index contributed by atoms with van der Waals surface area (Å²) in [6.07, 6.45) is 0.589. The molecule has 7 nitrogen and oxygen atoms in total. The van der Waals surface area contributed by atoms with Crippen LogP contribution in [0.1, 0.15) is 44.9 Å². The van der Waals surface area contributed by atoms with Crippen molar-refractivity contribution in [2.75, 3.05) is 26.3 Å². The van der Waals surface area contributed by atoms with Crippen LogP contribution in [0.2, 0.25) is 0 Å². The fourth-order valence-electron chi connectivity index (χ4n) is 2.69. The lowest BCUT2D eigenvalue weighted by Crippen LogP contribution is -2.46. The van der Waals surface area contributed by atoms with Gasteiger partial charge in [-0.2, -0.15) is 5.10 Å². The molecule has 0 bridgehead atoms. The summed E-state index contributed by atoms with van der Waals surface area (Å²) in [5.74, 6) is 1.39. The molecule has 1 N–H and O–H groups in total. The van der Waals surface area contributed by atoms with E-state index < -0.39 is 0 Å². The highest BCUT2D eigenvalue weighted by atomic mass is 16.5. The van der Waals surface area contributed by atoms with Crippen LogP contribution in [0.3, 0.4) is 0 Å². The van der Waals surface area contributed by atoms with Gasteiger partial charge in [0.25, 0.3) is 0 Å². The van der Waals surface area contributed by atoms with Gasteiger partial charge in [-0.15, -0.1) is 0 Å². The summed E-state index contributed by atoms with van der Waals surface area (Å²) in [5.41, 5.74) is -0.0988. The molecule has 2 aliphatic heterocycles. The maximum atomic E-state index is 11.7. The highest BCUT2D eigenvalue weighted by Gasteiger charge is 2.36. The van der Waals surface area contributed by atoms with Crippen molar-refractivity contribution >= 4 is 5.97 Å². The number of cyclic esters (lactones) is 1. The standard InChI is InChI=1S/C14H22N4O3/c1-14(2,3)13-15-11(16-17-13)10-8-18(5-7-20-10)9-4-6-21-12(9)19/h9-10H,4-8H2,1-3H3,(H,15,16,17)/t9-,10+/m1/s1. The van der Waals surface area contributed by atoms with Gasteiger partial charge in [0.15, 0.2) is 11.6 Å². The zero-order chi connectivity index (χ0) is 15.0. The molecular weight excluding hydrogens is 272 g/mol. The summed E-state index contributed by atoms with van der Waals surface area (Å²) in [5, 5.41) is 7.25. The van der Waals surface area contributed by atoms with Crippen LogP contribution in [0, 0.1) is 0 Å². The van der Waals surface area contributed by atoms with Gasteiger partial charge >= 0.3 is 5.97 Å². The van der Waals surface area contributed by atoms with Crippen molar-refractivity contribution in [3.63, 3.8) is 0 Å². The second-order valence-electron chi connectivity index (χ2n) is 6.62. The zero-order valence-electron chi connectivity index (χ0n) is 12.8. The van der Waals surface area contributed by atoms with Crippen molar-refractivity contribution in [1.29, 1.82) is 0 Å². The highest BCUT2D eigenvalue weighted by Crippen LogP contribution is 2.25. The van der Waals surface area contributed by atoms with Gasteiger partial charge in [0.2, 0.25) is 0 Å². The molecule has 3 heterocycles. The van der Waals surface area contributed by atoms with E-state index in [-0.39, 0.29) is 23.5 Å². The number of aromatic nitrogens is 3. The van der Waals surface area contributed by atoms with Gasteiger partial charge in [-0.25, -0.2) is 4.98 Å². The smallest absolute Gasteiger partial charge is 0.323 e. The van der Waals surface area contributed by atoms with Crippen molar-refractivity contribution in [1.82, 2.24) is 20.1 Å². The largest absolute Gasteiger partial charge is 0.464 e. The van der Waals surface area contributed by atoms with Crippen LogP contribution >= 0.6 is 0 Å². The van der Waals surface area contributed by atoms with E-state index in [0.29, 0.717) is 19.8 Å². The number of aromatic amines is 1. The van der Waals surface area contributed by atoms with E-state index in [1.807, 2.05) is 0 Å². The first-order valence-corrected chi connectivity index (χ1v) is 7.40. The molecule has 0 saturated carbocycles. The van der Waals surface area contributed by atoms with E-state index in [0.717, 1.165) is 24.6 Å². The average Bonchev–Trinajstić information content (AvgIpc) is 3.06. The van der Waals surface area contributed by atoms with Crippen molar-refractivity contribution in [2.45, 2.75) is 44.8 Å². The third-order valence-electron chi connectivity index (χ3n) is 3.92. The van der Waals surface area contributed by atoms with Crippen LogP contribution in [-0.4, -0.2) is 58.4 Å². The minimum atomic E-state index is -0.171. The van der Waals surface area contributed by atoms with Gasteiger partial charge in [0, 0.05) is 24.9 Å². The molecule has 0 amide bonds. The number of nitrogens with zero attached hydrogens (tertiary/aromatic N) is 3. The van der Waals surface area contributed by atoms with Crippen molar-refractivity contribution < 1.29 is 14.3 Å². The monoisotopic (exact) mass is 294 g/mol. The number of hydrogen-bond donors (Lipinski definition) is 1. The van der Waals surface area contributed by atoms with E-state index in [1.54, 1.807) is 0 Å². The number of H-pyrrole nitrogens is 1. The molecule has 2 aliphatic rings. The molecule has 116 valence electrons. The Bertz CT molecular complexity index is 523. The van der Waals surface area contributed by atoms with Crippen molar-refractivity contribution in [3.8, 4) is 0 Å². The number of nitrogens with one attached hydrogen (secondary N) is 1. The second-order valence-corrected chi connectivity index (χ2v) is 6.62. The summed E-state index contributed by atoms with van der Waals surface area (Å²) >= 11 is 0. The lowest BCUT2D eigenvalue weighted by atomic mass is 9.96. The van der Waals surface area contributed by atoms with Crippen LogP contribution in [0.15, 0.2) is 0 Å². The molecule has 2 fully saturated rings. The number of ether oxygens (including phenoxy) is 2. The summed E-state index contributed by atoms with van der Waals surface area (Å²) in [6, 6.07) is -0.138. The number of carbonyl (C=O) groups excluding carboxylic acids is 1. The van der Waals surface area contributed by atoms with Crippen molar-refractivity contribution in [3.05, 3.63) is 11.6 Å². The molecule has 21 heavy (non-hydrogen) atoms. The molecule has 0 unspecified atom stereocenters. The molecule has 1 aromatic heterocycles. The quantitative estimate of drug-likeness (QED) is 0.812. The summed E-state index contributed by atoms with van der Waals surface area (Å²) in [7, 11) is 0. The maximum absolute atomic E-state index is 11.7. The van der Waals surface area contributed by atoms with Gasteiger partial charge in [-0.05, 0) is 0 Å². The summed E-state index contributed by atoms with van der Waals surface area (Å²) in [6.45, 7) is 8.70. The molecule has 7 heteroatoms. The van der Waals surface area contributed by atoms with Gasteiger partial charge in [-0.3, -0.25) is 14.8 Å². The van der Waals surface area contributed by atoms with Crippen LogP contribution < -0.4 is 0 Å². The Morgan fingerprint density at radius 3 is 2.76 bits per heavy atom. The number of esters is 1. The number of hydrogen-bond acceptors (Lipinski definition) is 6. The van der Waals surface area contributed by atoms with Crippen molar-refractivity contribution in [2.24, 2.45) is 0 Å². The van der Waals surface area contributed by atoms with E-state index >= 15 is 0 Å². The lowest BCUT2D eigenvalue weighted by molar-refractivity contribution is -0.144. The predicted octanol–water partition coefficient (Wildman–Crippen LogP) is 0.791. The fourth-order valence-corrected chi connectivity index (χ4v) is 2.69. The SMILES string of the molecule is CC(C)(C)c1n[nH]c([C@@H]2CN([C@@H]3CCOC3=O)CCO2)n1. The molecule has 0 aromatic carbocycles. The predicted molar refractivity (Wildman–Crippen MR) is 74.7 cm³/mol. The first kappa shape index (κ1) is 14.5. The van der Waals surface area contributed by atoms with Gasteiger partial charge in [0.05, 0.1) is 13.2 Å². The third-order valence-corrected chi connectivity index (χ3v) is 3.92. The first-order chi connectivity index (χ1) is 9.95. The highest BCUT2D eigenvalue weighted by molar-refractivity contribution is 5.77. The molecule has 2 saturated heterocycles. The molecule has 0 radical (unpaired) electrons. The average molecular weight is 294 g/mol. The Morgan fingerprint density at radius 2 is 2.14 bits per heavy atom. The molecule has 3 rings (SSSR count). The molecule has 0 aliphatic carbocycles. The Balaban J connectivity index is 1.71. The van der Waals surface area contributed by atoms with Gasteiger partial charge in [-0.1, -0.05) is 20.8 Å². The van der Waals surface area contributed by atoms with Crippen LogP contribution in [0.5, 0.6) is 0 Å². The van der Waals surface area contributed by atoms with Gasteiger partial charge < -0.3 is 9.47 Å². The Labute approximate surface area is 124 Å². The summed E-state index contributed by atoms with van der Waals surface area (Å²) in [4.78, 5) is 18.4. The van der Waals surface area contributed by atoms with Crippen LogP contribution in [0.4, 0.5) is 0 Å². The minimum absolute atomic E-state index is 0.0988. The summed E-state index contributed by atoms with van der Waals surface area (Å²) < 4.78 is 10.8. The number of carbonyl (C=O) groups is 1. The Kier molecular flexibility index (Phi) is 3.71. The van der Waals surface area contributed by atoms with E-state index in [4.69, 9.17) is 9.47 Å². The fraction of sp³-hybridized carbons (Fsp3) is 0.786. The molecule has 1 aromatic rings. The topological polar surface area (TPSA) is 80.3 Å². The molecule has 0 spiro atoms. The number of rotatable bonds is 2. The lowest BCUT2D eigenvalue weighted by Gasteiger charge is -2.34. The second kappa shape index (κ2) is 5.38. The Morgan fingerprint density at radius 1 is 1.33 bits per heavy atom. The third kappa shape index (κ3) is 2.94. The number of morpholine rings is 1. The maximum Gasteiger partial charge on any atom is 0.323 e. The minimum Gasteiger partial charge on any atom is -0.464 e. The van der Waals surface area contributed by atoms with E-state index in [9.17, 15) is 4.79 Å². The van der Waals surface area contributed by atoms with Gasteiger partial charge in [0.1, 0.15) is 12.1 Å². The first-order valence-electron chi connectivity index (χ1n) is 7.40. The molecule has 2 atom stereocenters.